The van der Waals surface area contributed by atoms with Crippen molar-refractivity contribution in [3.63, 3.8) is 0 Å². The van der Waals surface area contributed by atoms with Gasteiger partial charge in [-0.1, -0.05) is 66.6 Å². The molecule has 9 nitrogen and oxygen atoms in total. The number of carbonyl (C=O) groups excluding carboxylic acids is 3. The van der Waals surface area contributed by atoms with Crippen LogP contribution >= 0.6 is 0 Å². The number of hydrogen-bond donors (Lipinski definition) is 4. The number of anilines is 2. The van der Waals surface area contributed by atoms with E-state index in [9.17, 15) is 24.6 Å². The van der Waals surface area contributed by atoms with E-state index in [1.165, 1.54) is 5.57 Å². The number of rotatable bonds is 12. The Balaban J connectivity index is 1.36. The minimum Gasteiger partial charge on any atom is -0.394 e. The molecule has 0 radical (unpaired) electrons. The number of amides is 3. The van der Waals surface area contributed by atoms with Crippen LogP contribution in [0.1, 0.15) is 76.5 Å². The Labute approximate surface area is 284 Å². The highest BCUT2D eigenvalue weighted by atomic mass is 16.3. The molecule has 2 aromatic carbocycles. The van der Waals surface area contributed by atoms with Crippen molar-refractivity contribution in [1.82, 2.24) is 10.2 Å². The van der Waals surface area contributed by atoms with Crippen LogP contribution in [0.3, 0.4) is 0 Å². The molecule has 1 saturated heterocycles. The third kappa shape index (κ3) is 7.64. The van der Waals surface area contributed by atoms with Crippen molar-refractivity contribution in [3.8, 4) is 0 Å². The Kier molecular flexibility index (Phi) is 11.3. The van der Waals surface area contributed by atoms with E-state index >= 15 is 0 Å². The second-order valence-electron chi connectivity index (χ2n) is 13.7. The number of hydrogen-bond acceptors (Lipinski definition) is 6. The van der Waals surface area contributed by atoms with Gasteiger partial charge in [0.1, 0.15) is 0 Å². The summed E-state index contributed by atoms with van der Waals surface area (Å²) in [5.74, 6) is -1.39. The molecule has 2 aromatic rings. The molecule has 0 aliphatic carbocycles. The van der Waals surface area contributed by atoms with Gasteiger partial charge in [-0.3, -0.25) is 14.4 Å². The molecule has 4 atom stereocenters. The van der Waals surface area contributed by atoms with E-state index in [2.05, 4.69) is 30.6 Å². The molecule has 5 rings (SSSR count). The standard InChI is InChI=1S/C39H50N4O5/c1-26(2)10-7-11-27(3)19-21-42-35-18-17-31(41-37(46)34-15-9-20-40-34)23-33(35)39(48,38(42)47)28(4)12-8-16-36(45)43-24-30-14-6-5-13-29(30)22-32(43)25-44/h5-6,8,10,12-14,17-19,23,28,32,34,40,44,48H,7,9,11,15-16,20-22,24-25H2,1-4H3,(H,41,46)/b12-8+,27-19+/t28-,32-,34+,39+/m0/s1. The molecule has 0 unspecified atom stereocenters. The number of nitrogens with one attached hydrogen (secondary N) is 2. The van der Waals surface area contributed by atoms with Crippen molar-refractivity contribution in [2.75, 3.05) is 29.9 Å². The van der Waals surface area contributed by atoms with E-state index < -0.39 is 17.4 Å². The lowest BCUT2D eigenvalue weighted by Crippen LogP contribution is -2.46. The molecule has 0 bridgehead atoms. The van der Waals surface area contributed by atoms with Crippen molar-refractivity contribution in [1.29, 1.82) is 0 Å². The Bertz CT molecular complexity index is 1600. The minimum atomic E-state index is -1.90. The number of nitrogens with zero attached hydrogens (tertiary/aromatic N) is 2. The highest BCUT2D eigenvalue weighted by Gasteiger charge is 2.52. The summed E-state index contributed by atoms with van der Waals surface area (Å²) in [6.07, 6.45) is 11.8. The maximum absolute atomic E-state index is 14.1. The first kappa shape index (κ1) is 35.3. The number of benzene rings is 2. The first-order valence-electron chi connectivity index (χ1n) is 17.2. The average molecular weight is 655 g/mol. The zero-order valence-electron chi connectivity index (χ0n) is 28.7. The molecule has 0 aromatic heterocycles. The molecular formula is C39H50N4O5. The molecule has 48 heavy (non-hydrogen) atoms. The lowest BCUT2D eigenvalue weighted by Gasteiger charge is -2.36. The quantitative estimate of drug-likeness (QED) is 0.236. The summed E-state index contributed by atoms with van der Waals surface area (Å²) in [5, 5.41) is 28.5. The van der Waals surface area contributed by atoms with E-state index in [4.69, 9.17) is 0 Å². The fourth-order valence-electron chi connectivity index (χ4n) is 6.95. The normalized spacial score (nSPS) is 22.9. The molecule has 3 amide bonds. The summed E-state index contributed by atoms with van der Waals surface area (Å²) in [6.45, 7) is 9.38. The van der Waals surface area contributed by atoms with Gasteiger partial charge in [-0.25, -0.2) is 0 Å². The van der Waals surface area contributed by atoms with Crippen molar-refractivity contribution in [2.45, 2.75) is 90.4 Å². The van der Waals surface area contributed by atoms with Gasteiger partial charge in [-0.2, -0.15) is 0 Å². The summed E-state index contributed by atoms with van der Waals surface area (Å²) >= 11 is 0. The predicted molar refractivity (Wildman–Crippen MR) is 189 cm³/mol. The van der Waals surface area contributed by atoms with E-state index in [1.807, 2.05) is 37.3 Å². The van der Waals surface area contributed by atoms with Crippen LogP contribution in [-0.2, 0) is 33.0 Å². The Morgan fingerprint density at radius 1 is 1.12 bits per heavy atom. The summed E-state index contributed by atoms with van der Waals surface area (Å²) in [7, 11) is 0. The van der Waals surface area contributed by atoms with Crippen LogP contribution in [0, 0.1) is 5.92 Å². The largest absolute Gasteiger partial charge is 0.394 e. The third-order valence-electron chi connectivity index (χ3n) is 9.89. The lowest BCUT2D eigenvalue weighted by atomic mass is 9.82. The Hall–Kier alpha value is -4.05. The summed E-state index contributed by atoms with van der Waals surface area (Å²) < 4.78 is 0. The Morgan fingerprint density at radius 3 is 2.60 bits per heavy atom. The summed E-state index contributed by atoms with van der Waals surface area (Å²) in [5.41, 5.74) is 4.27. The number of fused-ring (bicyclic) bond motifs is 2. The van der Waals surface area contributed by atoms with E-state index in [0.29, 0.717) is 36.4 Å². The molecule has 3 aliphatic heterocycles. The van der Waals surface area contributed by atoms with Crippen molar-refractivity contribution >= 4 is 29.1 Å². The van der Waals surface area contributed by atoms with Crippen LogP contribution in [0.15, 0.2) is 77.9 Å². The second-order valence-corrected chi connectivity index (χ2v) is 13.7. The number of aliphatic hydroxyl groups is 2. The smallest absolute Gasteiger partial charge is 0.264 e. The van der Waals surface area contributed by atoms with E-state index in [1.54, 1.807) is 47.1 Å². The van der Waals surface area contributed by atoms with Gasteiger partial charge in [-0.05, 0) is 88.7 Å². The zero-order chi connectivity index (χ0) is 34.4. The van der Waals surface area contributed by atoms with Crippen molar-refractivity contribution in [2.24, 2.45) is 5.92 Å². The number of allylic oxidation sites excluding steroid dienone is 3. The molecule has 0 saturated carbocycles. The molecule has 256 valence electrons. The van der Waals surface area contributed by atoms with Gasteiger partial charge in [0, 0.05) is 36.7 Å². The van der Waals surface area contributed by atoms with Gasteiger partial charge >= 0.3 is 0 Å². The highest BCUT2D eigenvalue weighted by Crippen LogP contribution is 2.46. The van der Waals surface area contributed by atoms with Crippen molar-refractivity contribution < 1.29 is 24.6 Å². The van der Waals surface area contributed by atoms with E-state index in [-0.39, 0.29) is 36.9 Å². The zero-order valence-corrected chi connectivity index (χ0v) is 28.7. The van der Waals surface area contributed by atoms with Gasteiger partial charge < -0.3 is 30.6 Å². The SMILES string of the molecule is CC(C)=CCC/C(C)=C/CN1C(=O)[C@@](O)([C@@H](C)/C=C/CC(=O)N2Cc3ccccc3C[C@H]2CO)c2cc(NC(=O)[C@H]3CCCN3)ccc21. The fourth-order valence-corrected chi connectivity index (χ4v) is 6.95. The first-order chi connectivity index (χ1) is 23.0. The van der Waals surface area contributed by atoms with Crippen LogP contribution in [0.25, 0.3) is 0 Å². The fraction of sp³-hybridized carbons (Fsp3) is 0.462. The number of aliphatic hydroxyl groups excluding tert-OH is 1. The second kappa shape index (κ2) is 15.4. The van der Waals surface area contributed by atoms with Crippen LogP contribution in [0.4, 0.5) is 11.4 Å². The lowest BCUT2D eigenvalue weighted by molar-refractivity contribution is -0.139. The van der Waals surface area contributed by atoms with Crippen LogP contribution in [-0.4, -0.2) is 64.6 Å². The molecule has 9 heteroatoms. The van der Waals surface area contributed by atoms with E-state index in [0.717, 1.165) is 48.9 Å². The maximum Gasteiger partial charge on any atom is 0.264 e. The molecule has 0 spiro atoms. The van der Waals surface area contributed by atoms with Crippen LogP contribution < -0.4 is 15.5 Å². The molecule has 3 aliphatic rings. The average Bonchev–Trinajstić information content (AvgIpc) is 3.69. The first-order valence-corrected chi connectivity index (χ1v) is 17.2. The van der Waals surface area contributed by atoms with Crippen LogP contribution in [0.2, 0.25) is 0 Å². The monoisotopic (exact) mass is 654 g/mol. The molecule has 1 fully saturated rings. The van der Waals surface area contributed by atoms with Gasteiger partial charge in [-0.15, -0.1) is 0 Å². The van der Waals surface area contributed by atoms with Gasteiger partial charge in [0.15, 0.2) is 5.60 Å². The topological polar surface area (TPSA) is 122 Å². The maximum atomic E-state index is 14.1. The summed E-state index contributed by atoms with van der Waals surface area (Å²) in [6, 6.07) is 12.7. The minimum absolute atomic E-state index is 0.0714. The predicted octanol–water partition coefficient (Wildman–Crippen LogP) is 5.13. The molecular weight excluding hydrogens is 604 g/mol. The van der Waals surface area contributed by atoms with Gasteiger partial charge in [0.2, 0.25) is 11.8 Å². The van der Waals surface area contributed by atoms with Crippen molar-refractivity contribution in [3.05, 3.63) is 94.6 Å². The van der Waals surface area contributed by atoms with Gasteiger partial charge in [0.05, 0.1) is 24.4 Å². The molecule has 4 N–H and O–H groups in total. The van der Waals surface area contributed by atoms with Gasteiger partial charge in [0.25, 0.3) is 5.91 Å². The Morgan fingerprint density at radius 2 is 1.90 bits per heavy atom. The molecule has 3 heterocycles. The number of carbonyl (C=O) groups is 3. The van der Waals surface area contributed by atoms with Crippen LogP contribution in [0.5, 0.6) is 0 Å². The highest BCUT2D eigenvalue weighted by molar-refractivity contribution is 6.08. The summed E-state index contributed by atoms with van der Waals surface area (Å²) in [4.78, 5) is 43.7. The third-order valence-corrected chi connectivity index (χ3v) is 9.89.